The standard InChI is InChI=1S/C49H88N4O24.C17H28O8.C9H17NO4/c1-9-70-41(58)21-50(22-42(59)71-10-2)17-37(54)29-66-33-49(34-67-30-38(55)18-51(23-43(60)72-11-3)24-44(61)73-12-4,35-68-31-39(56)19-52(25-45(62)74-13-5)26-46(63)75-14-6)36-69-32-40(57)20-53(27-47(64)76-15-7)28-48(65)77-16-8;1(13-5-22-13)18-9-17(10-19-2-14-6-23-14,11-20-3-15-7-24-15)12-21-4-16-8-25-16;1-3-13-8(11)5-7(10)6-9(12)14-4-2/h37-40,54-57H,9-36H2,1-8H3;13-16H,1-12H2;7H,3-6,10H2,1-2H3. The van der Waals surface area contributed by atoms with Crippen LogP contribution in [0.15, 0.2) is 0 Å². The quantitative estimate of drug-likeness (QED) is 0.0231. The van der Waals surface area contributed by atoms with Gasteiger partial charge in [0.25, 0.3) is 0 Å². The molecule has 0 amide bonds. The summed E-state index contributed by atoms with van der Waals surface area (Å²) in [6.07, 6.45) is -4.33. The van der Waals surface area contributed by atoms with Gasteiger partial charge in [-0.25, -0.2) is 0 Å². The SMILES string of the molecule is C(OCC(COCC1CO1)(COCC1CO1)COCC1CO1)C1CO1.CCOC(=O)CC(N)CC(=O)OCC.CCOC(=O)CN(CC(=O)OCC)CC(O)COCC(COCC(O)CN(CC(=O)OCC)CC(=O)OCC)(COCC(O)CN(CC(=O)OCC)CC(=O)OCC)COCC(O)CN(CC(=O)OCC)CC(=O)OCC. The summed E-state index contributed by atoms with van der Waals surface area (Å²) in [4.78, 5) is 127. The monoisotopic (exact) mass is 1680 g/mol. The molecule has 8 unspecified atom stereocenters. The van der Waals surface area contributed by atoms with Crippen molar-refractivity contribution in [2.24, 2.45) is 16.6 Å². The van der Waals surface area contributed by atoms with Gasteiger partial charge in [-0.3, -0.25) is 67.5 Å². The Kier molecular flexibility index (Phi) is 58.3. The summed E-state index contributed by atoms with van der Waals surface area (Å²) in [7, 11) is 0. The number of ether oxygens (including phenoxy) is 22. The normalized spacial score (nSPS) is 17.8. The lowest BCUT2D eigenvalue weighted by Crippen LogP contribution is -2.47. The van der Waals surface area contributed by atoms with Crippen molar-refractivity contribution in [3.05, 3.63) is 0 Å². The van der Waals surface area contributed by atoms with Crippen molar-refractivity contribution in [1.29, 1.82) is 0 Å². The molecule has 0 radical (unpaired) electrons. The number of rotatable bonds is 70. The minimum absolute atomic E-state index is 0.0483. The van der Waals surface area contributed by atoms with Crippen molar-refractivity contribution in [3.63, 3.8) is 0 Å². The van der Waals surface area contributed by atoms with Crippen molar-refractivity contribution < 1.29 is 173 Å². The van der Waals surface area contributed by atoms with Crippen LogP contribution in [0.5, 0.6) is 0 Å². The van der Waals surface area contributed by atoms with E-state index >= 15 is 0 Å². The number of aliphatic hydroxyl groups is 4. The maximum absolute atomic E-state index is 12.4. The smallest absolute Gasteiger partial charge is 0.320 e. The predicted molar refractivity (Wildman–Crippen MR) is 404 cm³/mol. The van der Waals surface area contributed by atoms with Crippen LogP contribution < -0.4 is 5.73 Å². The van der Waals surface area contributed by atoms with E-state index in [-0.39, 0.29) is 212 Å². The minimum Gasteiger partial charge on any atom is -0.466 e. The summed E-state index contributed by atoms with van der Waals surface area (Å²) < 4.78 is 118. The van der Waals surface area contributed by atoms with Gasteiger partial charge in [-0.1, -0.05) is 0 Å². The molecule has 41 heteroatoms. The van der Waals surface area contributed by atoms with Gasteiger partial charge in [0.2, 0.25) is 0 Å². The zero-order valence-corrected chi connectivity index (χ0v) is 69.5. The van der Waals surface area contributed by atoms with Gasteiger partial charge in [-0.15, -0.1) is 0 Å². The van der Waals surface area contributed by atoms with Gasteiger partial charge in [-0.2, -0.15) is 0 Å². The maximum Gasteiger partial charge on any atom is 0.320 e. The van der Waals surface area contributed by atoms with E-state index in [1.54, 1.807) is 69.2 Å². The largest absolute Gasteiger partial charge is 0.466 e. The Balaban J connectivity index is 0.000000930. The number of nitrogens with two attached hydrogens (primary N) is 1. The molecule has 4 saturated heterocycles. The van der Waals surface area contributed by atoms with E-state index in [1.165, 1.54) is 19.6 Å². The zero-order chi connectivity index (χ0) is 85.9. The highest BCUT2D eigenvalue weighted by molar-refractivity contribution is 5.77. The molecule has 0 spiro atoms. The predicted octanol–water partition coefficient (Wildman–Crippen LogP) is -2.95. The molecule has 4 aliphatic heterocycles. The number of nitrogens with zero attached hydrogens (tertiary/aromatic N) is 4. The fourth-order valence-corrected chi connectivity index (χ4v) is 10.6. The van der Waals surface area contributed by atoms with Crippen LogP contribution in [0.25, 0.3) is 0 Å². The molecule has 116 heavy (non-hydrogen) atoms. The van der Waals surface area contributed by atoms with Gasteiger partial charge in [-0.05, 0) is 69.2 Å². The number of carbonyl (C=O) groups excluding carboxylic acids is 10. The first kappa shape index (κ1) is 106. The van der Waals surface area contributed by atoms with Gasteiger partial charge >= 0.3 is 59.7 Å². The summed E-state index contributed by atoms with van der Waals surface area (Å²) in [5.41, 5.74) is 3.72. The summed E-state index contributed by atoms with van der Waals surface area (Å²) in [5, 5.41) is 44.8. The molecule has 4 heterocycles. The van der Waals surface area contributed by atoms with Crippen LogP contribution in [0.4, 0.5) is 0 Å². The summed E-state index contributed by atoms with van der Waals surface area (Å²) in [6.45, 7) is 17.7. The van der Waals surface area contributed by atoms with E-state index in [9.17, 15) is 68.4 Å². The van der Waals surface area contributed by atoms with Crippen molar-refractivity contribution in [3.8, 4) is 0 Å². The molecule has 4 fully saturated rings. The number of hydrogen-bond donors (Lipinski definition) is 5. The molecular formula is C75H133N5O36. The maximum atomic E-state index is 12.4. The molecule has 0 saturated carbocycles. The average molecular weight is 1680 g/mol. The van der Waals surface area contributed by atoms with E-state index in [2.05, 4.69) is 9.47 Å². The highest BCUT2D eigenvalue weighted by atomic mass is 16.6. The van der Waals surface area contributed by atoms with Crippen LogP contribution in [0.3, 0.4) is 0 Å². The number of aliphatic hydroxyl groups excluding tert-OH is 4. The van der Waals surface area contributed by atoms with Crippen LogP contribution in [0.1, 0.15) is 82.1 Å². The van der Waals surface area contributed by atoms with E-state index in [0.717, 1.165) is 26.4 Å². The lowest BCUT2D eigenvalue weighted by molar-refractivity contribution is -0.150. The molecule has 674 valence electrons. The van der Waals surface area contributed by atoms with Crippen LogP contribution in [0, 0.1) is 10.8 Å². The summed E-state index contributed by atoms with van der Waals surface area (Å²) >= 11 is 0. The molecule has 0 aromatic heterocycles. The van der Waals surface area contributed by atoms with E-state index in [4.69, 9.17) is 100 Å². The fraction of sp³-hybridized carbons (Fsp3) is 0.867. The Bertz CT molecular complexity index is 2300. The fourth-order valence-electron chi connectivity index (χ4n) is 10.6. The Morgan fingerprint density at radius 2 is 0.448 bits per heavy atom. The first-order chi connectivity index (χ1) is 55.6. The van der Waals surface area contributed by atoms with Crippen LogP contribution in [-0.4, -0.2) is 431 Å². The number of carbonyl (C=O) groups is 10. The number of hydrogen-bond acceptors (Lipinski definition) is 41. The second-order valence-corrected chi connectivity index (χ2v) is 27.5. The third kappa shape index (κ3) is 56.3. The molecule has 41 nitrogen and oxygen atoms in total. The Morgan fingerprint density at radius 3 is 0.603 bits per heavy atom. The molecule has 0 bridgehead atoms. The molecule has 4 rings (SSSR count). The van der Waals surface area contributed by atoms with Crippen molar-refractivity contribution in [2.45, 2.75) is 137 Å². The van der Waals surface area contributed by atoms with Crippen molar-refractivity contribution >= 4 is 59.7 Å². The molecule has 8 atom stereocenters. The average Bonchev–Trinajstić information content (AvgIpc) is 1.27. The second-order valence-electron chi connectivity index (χ2n) is 27.5. The summed E-state index contributed by atoms with van der Waals surface area (Å²) in [5.74, 6) is -6.09. The van der Waals surface area contributed by atoms with Crippen molar-refractivity contribution in [1.82, 2.24) is 19.6 Å². The van der Waals surface area contributed by atoms with Crippen LogP contribution in [-0.2, 0) is 152 Å². The van der Waals surface area contributed by atoms with Crippen LogP contribution >= 0.6 is 0 Å². The molecule has 4 aliphatic rings. The summed E-state index contributed by atoms with van der Waals surface area (Å²) in [6, 6.07) is -0.520. The Hall–Kier alpha value is -6.14. The van der Waals surface area contributed by atoms with E-state index in [0.29, 0.717) is 66.1 Å². The van der Waals surface area contributed by atoms with Gasteiger partial charge in [0.15, 0.2) is 0 Å². The second kappa shape index (κ2) is 63.8. The molecular weight excluding hydrogens is 1550 g/mol. The van der Waals surface area contributed by atoms with Crippen LogP contribution in [0.2, 0.25) is 0 Å². The van der Waals surface area contributed by atoms with E-state index in [1.807, 2.05) is 0 Å². The third-order valence-corrected chi connectivity index (χ3v) is 15.9. The molecule has 0 aromatic carbocycles. The Labute approximate surface area is 679 Å². The van der Waals surface area contributed by atoms with Crippen molar-refractivity contribution in [2.75, 3.05) is 277 Å². The van der Waals surface area contributed by atoms with Gasteiger partial charge in [0, 0.05) is 32.2 Å². The molecule has 6 N–H and O–H groups in total. The lowest BCUT2D eigenvalue weighted by atomic mass is 9.92. The first-order valence-electron chi connectivity index (χ1n) is 39.6. The molecule has 0 aliphatic carbocycles. The third-order valence-electron chi connectivity index (χ3n) is 15.9. The minimum atomic E-state index is -1.46. The highest BCUT2D eigenvalue weighted by Crippen LogP contribution is 2.26. The highest BCUT2D eigenvalue weighted by Gasteiger charge is 2.39. The topological polar surface area (TPSA) is 507 Å². The first-order valence-corrected chi connectivity index (χ1v) is 39.6. The Morgan fingerprint density at radius 1 is 0.293 bits per heavy atom. The zero-order valence-electron chi connectivity index (χ0n) is 69.5. The number of esters is 10. The van der Waals surface area contributed by atoms with E-state index < -0.39 is 110 Å². The number of epoxide rings is 4. The van der Waals surface area contributed by atoms with Gasteiger partial charge < -0.3 is 130 Å². The van der Waals surface area contributed by atoms with Gasteiger partial charge in [0.1, 0.15) is 24.4 Å². The molecule has 0 aromatic rings. The lowest BCUT2D eigenvalue weighted by Gasteiger charge is -2.35. The van der Waals surface area contributed by atoms with Gasteiger partial charge in [0.05, 0.1) is 299 Å².